The first-order chi connectivity index (χ1) is 13.8. The van der Waals surface area contributed by atoms with E-state index in [1.165, 1.54) is 38.4 Å². The van der Waals surface area contributed by atoms with Crippen LogP contribution >= 0.6 is 0 Å². The number of carbonyl (C=O) groups excluding carboxylic acids is 2. The van der Waals surface area contributed by atoms with E-state index in [4.69, 9.17) is 14.2 Å². The Morgan fingerprint density at radius 1 is 1.17 bits per heavy atom. The summed E-state index contributed by atoms with van der Waals surface area (Å²) in [6.45, 7) is 2.54. The summed E-state index contributed by atoms with van der Waals surface area (Å²) < 4.78 is 15.3. The summed E-state index contributed by atoms with van der Waals surface area (Å²) >= 11 is 0. The zero-order valence-corrected chi connectivity index (χ0v) is 16.0. The quantitative estimate of drug-likeness (QED) is 0.236. The number of methoxy groups -OCH3 is 1. The fourth-order valence-corrected chi connectivity index (χ4v) is 2.25. The maximum atomic E-state index is 11.9. The van der Waals surface area contributed by atoms with Crippen LogP contribution in [-0.2, 0) is 9.59 Å². The van der Waals surface area contributed by atoms with Gasteiger partial charge in [0.05, 0.1) is 18.2 Å². The Kier molecular flexibility index (Phi) is 7.24. The van der Waals surface area contributed by atoms with Crippen LogP contribution in [0.4, 0.5) is 5.69 Å². The Morgan fingerprint density at radius 2 is 1.90 bits per heavy atom. The number of nitro benzene ring substituents is 1. The van der Waals surface area contributed by atoms with Crippen molar-refractivity contribution in [3.63, 3.8) is 0 Å². The molecule has 0 aliphatic heterocycles. The van der Waals surface area contributed by atoms with E-state index in [0.29, 0.717) is 16.9 Å². The third-order valence-corrected chi connectivity index (χ3v) is 3.51. The van der Waals surface area contributed by atoms with Crippen LogP contribution in [0.15, 0.2) is 41.5 Å². The van der Waals surface area contributed by atoms with Crippen molar-refractivity contribution in [3.05, 3.63) is 57.6 Å². The van der Waals surface area contributed by atoms with Crippen LogP contribution < -0.4 is 19.6 Å². The maximum Gasteiger partial charge on any atom is 0.311 e. The molecule has 1 N–H and O–H groups in total. The highest BCUT2D eigenvalue weighted by atomic mass is 16.6. The van der Waals surface area contributed by atoms with E-state index in [2.05, 4.69) is 10.5 Å². The van der Waals surface area contributed by atoms with Crippen LogP contribution in [0, 0.1) is 17.0 Å². The summed E-state index contributed by atoms with van der Waals surface area (Å²) in [5.74, 6) is -0.504. The Morgan fingerprint density at radius 3 is 2.55 bits per heavy atom. The normalized spacial score (nSPS) is 10.4. The lowest BCUT2D eigenvalue weighted by Crippen LogP contribution is -2.24. The minimum absolute atomic E-state index is 0.00877. The van der Waals surface area contributed by atoms with Crippen LogP contribution in [-0.4, -0.2) is 36.7 Å². The van der Waals surface area contributed by atoms with Gasteiger partial charge in [-0.3, -0.25) is 19.7 Å². The fraction of sp³-hybridized carbons (Fsp3) is 0.211. The monoisotopic (exact) mass is 401 g/mol. The molecule has 0 aromatic heterocycles. The lowest BCUT2D eigenvalue weighted by atomic mass is 10.2. The van der Waals surface area contributed by atoms with Crippen molar-refractivity contribution in [2.75, 3.05) is 13.7 Å². The lowest BCUT2D eigenvalue weighted by Gasteiger charge is -2.08. The van der Waals surface area contributed by atoms with Gasteiger partial charge in [0, 0.05) is 13.0 Å². The summed E-state index contributed by atoms with van der Waals surface area (Å²) in [6.07, 6.45) is 1.35. The maximum absolute atomic E-state index is 11.9. The molecule has 29 heavy (non-hydrogen) atoms. The molecule has 0 saturated heterocycles. The zero-order valence-electron chi connectivity index (χ0n) is 16.0. The molecule has 0 saturated carbocycles. The highest BCUT2D eigenvalue weighted by molar-refractivity contribution is 5.84. The number of nitro groups is 1. The number of ether oxygens (including phenoxy) is 3. The van der Waals surface area contributed by atoms with Crippen molar-refractivity contribution in [1.82, 2.24) is 5.43 Å². The number of hydrogen-bond acceptors (Lipinski definition) is 8. The average Bonchev–Trinajstić information content (AvgIpc) is 2.67. The van der Waals surface area contributed by atoms with E-state index in [-0.39, 0.29) is 17.2 Å². The summed E-state index contributed by atoms with van der Waals surface area (Å²) in [5, 5.41) is 14.8. The van der Waals surface area contributed by atoms with Crippen LogP contribution in [0.2, 0.25) is 0 Å². The minimum atomic E-state index is -0.598. The first-order valence-electron chi connectivity index (χ1n) is 8.36. The predicted octanol–water partition coefficient (Wildman–Crippen LogP) is 2.37. The summed E-state index contributed by atoms with van der Waals surface area (Å²) in [6, 6.07) is 9.15. The zero-order chi connectivity index (χ0) is 21.4. The third-order valence-electron chi connectivity index (χ3n) is 3.51. The number of hydrazone groups is 1. The number of rotatable bonds is 8. The van der Waals surface area contributed by atoms with Gasteiger partial charge in [-0.05, 0) is 42.3 Å². The second-order valence-corrected chi connectivity index (χ2v) is 5.81. The van der Waals surface area contributed by atoms with Gasteiger partial charge < -0.3 is 14.2 Å². The number of nitrogens with one attached hydrogen (secondary N) is 1. The van der Waals surface area contributed by atoms with E-state index in [0.717, 1.165) is 0 Å². The van der Waals surface area contributed by atoms with Gasteiger partial charge in [-0.1, -0.05) is 6.07 Å². The molecule has 2 aromatic carbocycles. The molecule has 0 bridgehead atoms. The van der Waals surface area contributed by atoms with E-state index in [1.54, 1.807) is 25.1 Å². The number of hydrogen-bond donors (Lipinski definition) is 1. The van der Waals surface area contributed by atoms with Gasteiger partial charge in [-0.2, -0.15) is 5.10 Å². The summed E-state index contributed by atoms with van der Waals surface area (Å²) in [4.78, 5) is 33.4. The molecule has 0 fully saturated rings. The number of benzene rings is 2. The Balaban J connectivity index is 1.95. The van der Waals surface area contributed by atoms with Crippen LogP contribution in [0.1, 0.15) is 18.1 Å². The van der Waals surface area contributed by atoms with Gasteiger partial charge in [0.15, 0.2) is 23.9 Å². The number of amides is 1. The molecule has 1 amide bonds. The van der Waals surface area contributed by atoms with Gasteiger partial charge in [-0.25, -0.2) is 5.43 Å². The van der Waals surface area contributed by atoms with Crippen LogP contribution in [0.5, 0.6) is 17.2 Å². The van der Waals surface area contributed by atoms with Crippen molar-refractivity contribution in [3.8, 4) is 17.2 Å². The molecule has 0 atom stereocenters. The number of nitrogens with zero attached hydrogens (tertiary/aromatic N) is 2. The summed E-state index contributed by atoms with van der Waals surface area (Å²) in [7, 11) is 1.42. The van der Waals surface area contributed by atoms with Gasteiger partial charge in [-0.15, -0.1) is 0 Å². The number of carbonyl (C=O) groups is 2. The molecule has 0 heterocycles. The minimum Gasteiger partial charge on any atom is -0.493 e. The van der Waals surface area contributed by atoms with E-state index < -0.39 is 23.4 Å². The van der Waals surface area contributed by atoms with Crippen molar-refractivity contribution in [1.29, 1.82) is 0 Å². The highest BCUT2D eigenvalue weighted by Gasteiger charge is 2.16. The average molecular weight is 401 g/mol. The van der Waals surface area contributed by atoms with Gasteiger partial charge in [0.1, 0.15) is 0 Å². The number of esters is 1. The molecule has 0 spiro atoms. The predicted molar refractivity (Wildman–Crippen MR) is 103 cm³/mol. The molecule has 0 radical (unpaired) electrons. The molecule has 10 heteroatoms. The Bertz CT molecular complexity index is 957. The largest absolute Gasteiger partial charge is 0.493 e. The first-order valence-corrected chi connectivity index (χ1v) is 8.36. The second-order valence-electron chi connectivity index (χ2n) is 5.81. The molecule has 0 unspecified atom stereocenters. The Labute approximate surface area is 166 Å². The topological polar surface area (TPSA) is 129 Å². The van der Waals surface area contributed by atoms with Crippen molar-refractivity contribution >= 4 is 23.8 Å². The van der Waals surface area contributed by atoms with E-state index in [1.807, 2.05) is 0 Å². The fourth-order valence-electron chi connectivity index (χ4n) is 2.25. The van der Waals surface area contributed by atoms with Crippen molar-refractivity contribution in [2.45, 2.75) is 13.8 Å². The van der Waals surface area contributed by atoms with Crippen LogP contribution in [0.3, 0.4) is 0 Å². The number of aryl methyl sites for hydroxylation is 1. The van der Waals surface area contributed by atoms with E-state index >= 15 is 0 Å². The summed E-state index contributed by atoms with van der Waals surface area (Å²) in [5.41, 5.74) is 3.31. The molecule has 0 aliphatic carbocycles. The Hall–Kier alpha value is -3.95. The van der Waals surface area contributed by atoms with Crippen LogP contribution in [0.25, 0.3) is 0 Å². The lowest BCUT2D eigenvalue weighted by molar-refractivity contribution is -0.385. The third kappa shape index (κ3) is 6.31. The molecule has 2 rings (SSSR count). The van der Waals surface area contributed by atoms with E-state index in [9.17, 15) is 19.7 Å². The van der Waals surface area contributed by atoms with Crippen molar-refractivity contribution < 1.29 is 28.7 Å². The van der Waals surface area contributed by atoms with Gasteiger partial charge in [0.2, 0.25) is 0 Å². The van der Waals surface area contributed by atoms with Crippen molar-refractivity contribution in [2.24, 2.45) is 5.10 Å². The molecular weight excluding hydrogens is 382 g/mol. The molecular formula is C19H19N3O7. The van der Waals surface area contributed by atoms with Gasteiger partial charge >= 0.3 is 11.7 Å². The molecule has 10 nitrogen and oxygen atoms in total. The second kappa shape index (κ2) is 9.83. The highest BCUT2D eigenvalue weighted by Crippen LogP contribution is 2.28. The SMILES string of the molecule is COc1cc(C=NNC(=O)COc2ccc(C)cc2[N+](=O)[O-])ccc1OC(C)=O. The van der Waals surface area contributed by atoms with Gasteiger partial charge in [0.25, 0.3) is 5.91 Å². The standard InChI is InChI=1S/C19H19N3O7/c1-12-4-6-16(15(8-12)22(25)26)28-11-19(24)21-20-10-14-5-7-17(29-13(2)23)18(9-14)27-3/h4-10H,11H2,1-3H3,(H,21,24). The smallest absolute Gasteiger partial charge is 0.311 e. The molecule has 152 valence electrons. The first kappa shape index (κ1) is 21.4. The molecule has 2 aromatic rings. The molecule has 0 aliphatic rings.